The number of hydrazine groups is 1. The molecule has 2 aromatic carbocycles. The maximum absolute atomic E-state index is 13.5. The summed E-state index contributed by atoms with van der Waals surface area (Å²) < 4.78 is 5.18. The lowest BCUT2D eigenvalue weighted by atomic mass is 9.78. The van der Waals surface area contributed by atoms with Crippen LogP contribution in [0, 0.1) is 17.8 Å². The van der Waals surface area contributed by atoms with Gasteiger partial charge in [0.15, 0.2) is 5.78 Å². The molecule has 3 atom stereocenters. The van der Waals surface area contributed by atoms with E-state index in [1.165, 1.54) is 31.4 Å². The van der Waals surface area contributed by atoms with Gasteiger partial charge in [0.05, 0.1) is 18.9 Å². The second-order valence-corrected chi connectivity index (χ2v) is 8.60. The van der Waals surface area contributed by atoms with Gasteiger partial charge in [0, 0.05) is 16.1 Å². The molecule has 2 aromatic rings. The number of rotatable bonds is 6. The van der Waals surface area contributed by atoms with Crippen molar-refractivity contribution in [3.63, 3.8) is 0 Å². The standard InChI is InChI=1S/C25H23ClN2O5/c1-15-5-3-8-20-22(15)25(32)28(24(20)31)27(23(30)16-9-11-18(26)12-10-16)14-21(29)17-6-4-7-19(13-17)33-2/h3-7,9-13,15,20,22H,8,14H2,1-2H3/t15-,20+,22-/m0/s1. The van der Waals surface area contributed by atoms with E-state index in [0.29, 0.717) is 22.8 Å². The molecule has 2 aliphatic rings. The monoisotopic (exact) mass is 466 g/mol. The predicted molar refractivity (Wildman–Crippen MR) is 122 cm³/mol. The van der Waals surface area contributed by atoms with Crippen molar-refractivity contribution in [2.24, 2.45) is 17.8 Å². The van der Waals surface area contributed by atoms with E-state index in [-0.39, 0.29) is 11.5 Å². The summed E-state index contributed by atoms with van der Waals surface area (Å²) >= 11 is 5.94. The predicted octanol–water partition coefficient (Wildman–Crippen LogP) is 3.79. The lowest BCUT2D eigenvalue weighted by Gasteiger charge is -2.30. The van der Waals surface area contributed by atoms with E-state index in [4.69, 9.17) is 16.3 Å². The molecule has 0 spiro atoms. The summed E-state index contributed by atoms with van der Waals surface area (Å²) in [6.45, 7) is 1.39. The van der Waals surface area contributed by atoms with Gasteiger partial charge in [0.2, 0.25) is 0 Å². The molecular weight excluding hydrogens is 444 g/mol. The second-order valence-electron chi connectivity index (χ2n) is 8.17. The van der Waals surface area contributed by atoms with Crippen LogP contribution in [0.1, 0.15) is 34.1 Å². The summed E-state index contributed by atoms with van der Waals surface area (Å²) in [5.74, 6) is -2.78. The Morgan fingerprint density at radius 2 is 1.82 bits per heavy atom. The summed E-state index contributed by atoms with van der Waals surface area (Å²) in [5.41, 5.74) is 0.509. The van der Waals surface area contributed by atoms with Crippen LogP contribution in [0.5, 0.6) is 5.75 Å². The van der Waals surface area contributed by atoms with Gasteiger partial charge in [-0.2, -0.15) is 5.01 Å². The number of hydrogen-bond acceptors (Lipinski definition) is 5. The van der Waals surface area contributed by atoms with Crippen molar-refractivity contribution in [3.05, 3.63) is 76.8 Å². The first-order chi connectivity index (χ1) is 15.8. The fourth-order valence-electron chi connectivity index (χ4n) is 4.37. The van der Waals surface area contributed by atoms with E-state index in [9.17, 15) is 19.2 Å². The molecule has 0 unspecified atom stereocenters. The van der Waals surface area contributed by atoms with E-state index in [2.05, 4.69) is 0 Å². The average Bonchev–Trinajstić information content (AvgIpc) is 3.08. The summed E-state index contributed by atoms with van der Waals surface area (Å²) in [4.78, 5) is 53.2. The van der Waals surface area contributed by atoms with Crippen molar-refractivity contribution in [1.29, 1.82) is 0 Å². The molecule has 1 aliphatic carbocycles. The molecule has 0 bridgehead atoms. The van der Waals surface area contributed by atoms with Crippen molar-refractivity contribution in [3.8, 4) is 5.75 Å². The SMILES string of the molecule is COc1cccc(C(=O)CN(C(=O)c2ccc(Cl)cc2)N2C(=O)[C@H]3[C@@H](C)C=CC[C@H]3C2=O)c1. The van der Waals surface area contributed by atoms with E-state index < -0.39 is 41.9 Å². The van der Waals surface area contributed by atoms with E-state index >= 15 is 0 Å². The van der Waals surface area contributed by atoms with Gasteiger partial charge in [0.1, 0.15) is 12.3 Å². The maximum atomic E-state index is 13.5. The Bertz CT molecular complexity index is 1140. The van der Waals surface area contributed by atoms with Crippen LogP contribution >= 0.6 is 11.6 Å². The maximum Gasteiger partial charge on any atom is 0.273 e. The van der Waals surface area contributed by atoms with Gasteiger partial charge in [-0.3, -0.25) is 19.2 Å². The quantitative estimate of drug-likeness (QED) is 0.367. The minimum absolute atomic E-state index is 0.147. The highest BCUT2D eigenvalue weighted by Gasteiger charge is 2.53. The zero-order valence-corrected chi connectivity index (χ0v) is 19.0. The number of methoxy groups -OCH3 is 1. The van der Waals surface area contributed by atoms with Crippen LogP contribution in [0.4, 0.5) is 0 Å². The van der Waals surface area contributed by atoms with E-state index in [1.807, 2.05) is 19.1 Å². The van der Waals surface area contributed by atoms with Gasteiger partial charge >= 0.3 is 0 Å². The number of ether oxygens (including phenoxy) is 1. The van der Waals surface area contributed by atoms with Crippen LogP contribution in [-0.2, 0) is 9.59 Å². The average molecular weight is 467 g/mol. The molecule has 4 rings (SSSR count). The number of carbonyl (C=O) groups excluding carboxylic acids is 4. The van der Waals surface area contributed by atoms with E-state index in [1.54, 1.807) is 24.3 Å². The molecule has 0 radical (unpaired) electrons. The highest BCUT2D eigenvalue weighted by molar-refractivity contribution is 6.30. The van der Waals surface area contributed by atoms with Crippen molar-refractivity contribution in [2.45, 2.75) is 13.3 Å². The summed E-state index contributed by atoms with van der Waals surface area (Å²) in [5, 5.41) is 2.26. The Balaban J connectivity index is 1.70. The number of nitrogens with zero attached hydrogens (tertiary/aromatic N) is 2. The Morgan fingerprint density at radius 1 is 1.09 bits per heavy atom. The van der Waals surface area contributed by atoms with Gasteiger partial charge in [-0.25, -0.2) is 5.01 Å². The van der Waals surface area contributed by atoms with Crippen LogP contribution < -0.4 is 4.74 Å². The number of ketones is 1. The molecular formula is C25H23ClN2O5. The molecule has 8 heteroatoms. The number of fused-ring (bicyclic) bond motifs is 1. The van der Waals surface area contributed by atoms with Gasteiger partial charge in [-0.1, -0.05) is 42.8 Å². The summed E-state index contributed by atoms with van der Waals surface area (Å²) in [7, 11) is 1.48. The van der Waals surface area contributed by atoms with Crippen LogP contribution in [0.2, 0.25) is 5.02 Å². The lowest BCUT2D eigenvalue weighted by Crippen LogP contribution is -2.52. The number of halogens is 1. The molecule has 0 saturated carbocycles. The second kappa shape index (κ2) is 9.19. The molecule has 1 fully saturated rings. The number of hydrogen-bond donors (Lipinski definition) is 0. The first kappa shape index (κ1) is 22.7. The molecule has 170 valence electrons. The number of allylic oxidation sites excluding steroid dienone is 2. The van der Waals surface area contributed by atoms with Gasteiger partial charge in [0.25, 0.3) is 17.7 Å². The van der Waals surface area contributed by atoms with Crippen LogP contribution in [0.15, 0.2) is 60.7 Å². The largest absolute Gasteiger partial charge is 0.497 e. The number of amides is 3. The van der Waals surface area contributed by atoms with Gasteiger partial charge in [-0.05, 0) is 48.7 Å². The molecule has 1 heterocycles. The van der Waals surface area contributed by atoms with Crippen molar-refractivity contribution < 1.29 is 23.9 Å². The van der Waals surface area contributed by atoms with Crippen LogP contribution in [-0.4, -0.2) is 47.2 Å². The minimum Gasteiger partial charge on any atom is -0.497 e. The molecule has 1 aliphatic heterocycles. The third-order valence-corrected chi connectivity index (χ3v) is 6.35. The number of imide groups is 1. The lowest BCUT2D eigenvalue weighted by molar-refractivity contribution is -0.154. The third-order valence-electron chi connectivity index (χ3n) is 6.10. The van der Waals surface area contributed by atoms with Gasteiger partial charge in [-0.15, -0.1) is 0 Å². The molecule has 1 saturated heterocycles. The number of benzene rings is 2. The normalized spacial score (nSPS) is 21.7. The van der Waals surface area contributed by atoms with Crippen molar-refractivity contribution >= 4 is 35.1 Å². The number of Topliss-reactive ketones (excluding diaryl/α,β-unsaturated/α-hetero) is 1. The zero-order valence-electron chi connectivity index (χ0n) is 18.2. The minimum atomic E-state index is -0.635. The molecule has 3 amide bonds. The molecule has 0 aromatic heterocycles. The summed E-state index contributed by atoms with van der Waals surface area (Å²) in [6, 6.07) is 12.6. The Kier molecular flexibility index (Phi) is 6.33. The van der Waals surface area contributed by atoms with Gasteiger partial charge < -0.3 is 4.74 Å². The first-order valence-corrected chi connectivity index (χ1v) is 11.0. The highest BCUT2D eigenvalue weighted by atomic mass is 35.5. The fourth-order valence-corrected chi connectivity index (χ4v) is 4.49. The van der Waals surface area contributed by atoms with Crippen molar-refractivity contribution in [1.82, 2.24) is 10.0 Å². The topological polar surface area (TPSA) is 84.0 Å². The Labute approximate surface area is 196 Å². The summed E-state index contributed by atoms with van der Waals surface area (Å²) in [6.07, 6.45) is 4.21. The Morgan fingerprint density at radius 3 is 2.48 bits per heavy atom. The molecule has 0 N–H and O–H groups in total. The van der Waals surface area contributed by atoms with Crippen molar-refractivity contribution in [2.75, 3.05) is 13.7 Å². The number of carbonyl (C=O) groups is 4. The van der Waals surface area contributed by atoms with E-state index in [0.717, 1.165) is 10.0 Å². The van der Waals surface area contributed by atoms with Crippen LogP contribution in [0.25, 0.3) is 0 Å². The zero-order chi connectivity index (χ0) is 23.7. The first-order valence-electron chi connectivity index (χ1n) is 10.6. The smallest absolute Gasteiger partial charge is 0.273 e. The van der Waals surface area contributed by atoms with Crippen LogP contribution in [0.3, 0.4) is 0 Å². The third kappa shape index (κ3) is 4.28. The highest BCUT2D eigenvalue weighted by Crippen LogP contribution is 2.39. The molecule has 7 nitrogen and oxygen atoms in total. The fraction of sp³-hybridized carbons (Fsp3) is 0.280. The Hall–Kier alpha value is -3.45. The molecule has 33 heavy (non-hydrogen) atoms.